The average Bonchev–Trinajstić information content (AvgIpc) is 3.33. The van der Waals surface area contributed by atoms with Crippen molar-refractivity contribution in [1.29, 1.82) is 0 Å². The van der Waals surface area contributed by atoms with Crippen LogP contribution in [0, 0.1) is 0 Å². The SMILES string of the molecule is O=C1CCCN1Cc1nnc(SCCOc2ccc(Br)cc2)n1-c1ccccn1. The summed E-state index contributed by atoms with van der Waals surface area (Å²) in [6.07, 6.45) is 3.24. The van der Waals surface area contributed by atoms with Gasteiger partial charge in [0.05, 0.1) is 13.2 Å². The molecule has 1 saturated heterocycles. The van der Waals surface area contributed by atoms with Crippen LogP contribution in [0.5, 0.6) is 5.75 Å². The van der Waals surface area contributed by atoms with E-state index in [1.807, 2.05) is 51.9 Å². The molecular formula is C20H20BrN5O2S. The summed E-state index contributed by atoms with van der Waals surface area (Å²) in [7, 11) is 0. The van der Waals surface area contributed by atoms with Crippen molar-refractivity contribution in [2.24, 2.45) is 0 Å². The number of amides is 1. The number of thioether (sulfide) groups is 1. The molecule has 0 atom stereocenters. The fourth-order valence-corrected chi connectivity index (χ4v) is 4.12. The number of ether oxygens (including phenoxy) is 1. The number of pyridine rings is 1. The fourth-order valence-electron chi connectivity index (χ4n) is 3.08. The molecule has 9 heteroatoms. The van der Waals surface area contributed by atoms with Gasteiger partial charge in [0.1, 0.15) is 11.6 Å². The smallest absolute Gasteiger partial charge is 0.223 e. The van der Waals surface area contributed by atoms with Crippen molar-refractivity contribution >= 4 is 33.6 Å². The molecule has 29 heavy (non-hydrogen) atoms. The zero-order valence-corrected chi connectivity index (χ0v) is 18.1. The Balaban J connectivity index is 1.45. The maximum atomic E-state index is 12.0. The summed E-state index contributed by atoms with van der Waals surface area (Å²) in [5, 5.41) is 9.44. The third-order valence-corrected chi connectivity index (χ3v) is 5.90. The van der Waals surface area contributed by atoms with Crippen LogP contribution in [0.25, 0.3) is 5.82 Å². The van der Waals surface area contributed by atoms with E-state index in [-0.39, 0.29) is 5.91 Å². The quantitative estimate of drug-likeness (QED) is 0.366. The molecule has 150 valence electrons. The molecule has 7 nitrogen and oxygen atoms in total. The fraction of sp³-hybridized carbons (Fsp3) is 0.300. The Morgan fingerprint density at radius 3 is 2.72 bits per heavy atom. The summed E-state index contributed by atoms with van der Waals surface area (Å²) in [5.41, 5.74) is 0. The van der Waals surface area contributed by atoms with Crippen LogP contribution in [-0.4, -0.2) is 49.5 Å². The summed E-state index contributed by atoms with van der Waals surface area (Å²) in [4.78, 5) is 18.3. The summed E-state index contributed by atoms with van der Waals surface area (Å²) >= 11 is 4.97. The zero-order chi connectivity index (χ0) is 20.1. The van der Waals surface area contributed by atoms with Gasteiger partial charge in [-0.15, -0.1) is 10.2 Å². The first-order valence-electron chi connectivity index (χ1n) is 9.35. The predicted octanol–water partition coefficient (Wildman–Crippen LogP) is 3.72. The van der Waals surface area contributed by atoms with Crippen molar-refractivity contribution in [3.63, 3.8) is 0 Å². The maximum absolute atomic E-state index is 12.0. The topological polar surface area (TPSA) is 73.1 Å². The van der Waals surface area contributed by atoms with Gasteiger partial charge in [0, 0.05) is 29.4 Å². The molecule has 0 spiro atoms. The van der Waals surface area contributed by atoms with Gasteiger partial charge in [0.25, 0.3) is 0 Å². The molecule has 1 aromatic carbocycles. The first-order valence-corrected chi connectivity index (χ1v) is 11.1. The zero-order valence-electron chi connectivity index (χ0n) is 15.7. The lowest BCUT2D eigenvalue weighted by Crippen LogP contribution is -2.25. The number of rotatable bonds is 8. The number of hydrogen-bond donors (Lipinski definition) is 0. The van der Waals surface area contributed by atoms with Gasteiger partial charge in [0.15, 0.2) is 11.0 Å². The number of likely N-dealkylation sites (tertiary alicyclic amines) is 1. The van der Waals surface area contributed by atoms with Crippen molar-refractivity contribution in [3.8, 4) is 11.6 Å². The van der Waals surface area contributed by atoms with E-state index in [0.717, 1.165) is 40.0 Å². The van der Waals surface area contributed by atoms with E-state index in [4.69, 9.17) is 4.74 Å². The summed E-state index contributed by atoms with van der Waals surface area (Å²) < 4.78 is 8.74. The van der Waals surface area contributed by atoms with Gasteiger partial charge >= 0.3 is 0 Å². The lowest BCUT2D eigenvalue weighted by atomic mass is 10.3. The summed E-state index contributed by atoms with van der Waals surface area (Å²) in [6, 6.07) is 13.5. The highest BCUT2D eigenvalue weighted by Gasteiger charge is 2.24. The minimum Gasteiger partial charge on any atom is -0.493 e. The molecule has 2 aromatic heterocycles. The van der Waals surface area contributed by atoms with Crippen molar-refractivity contribution in [3.05, 3.63) is 59.0 Å². The van der Waals surface area contributed by atoms with Crippen LogP contribution in [0.2, 0.25) is 0 Å². The number of aromatic nitrogens is 4. The van der Waals surface area contributed by atoms with Gasteiger partial charge in [0.2, 0.25) is 5.91 Å². The Labute approximate surface area is 181 Å². The van der Waals surface area contributed by atoms with Crippen LogP contribution in [0.1, 0.15) is 18.7 Å². The third kappa shape index (κ3) is 4.97. The number of nitrogens with zero attached hydrogens (tertiary/aromatic N) is 5. The highest BCUT2D eigenvalue weighted by molar-refractivity contribution is 9.10. The third-order valence-electron chi connectivity index (χ3n) is 4.48. The molecule has 0 saturated carbocycles. The van der Waals surface area contributed by atoms with E-state index in [1.54, 1.807) is 18.0 Å². The maximum Gasteiger partial charge on any atom is 0.223 e. The molecule has 0 unspecified atom stereocenters. The Morgan fingerprint density at radius 2 is 2.00 bits per heavy atom. The number of hydrogen-bond acceptors (Lipinski definition) is 6. The van der Waals surface area contributed by atoms with Crippen molar-refractivity contribution in [2.45, 2.75) is 24.5 Å². The molecule has 3 aromatic rings. The first-order chi connectivity index (χ1) is 14.2. The Morgan fingerprint density at radius 1 is 1.14 bits per heavy atom. The summed E-state index contributed by atoms with van der Waals surface area (Å²) in [5.74, 6) is 3.17. The lowest BCUT2D eigenvalue weighted by Gasteiger charge is -2.16. The highest BCUT2D eigenvalue weighted by atomic mass is 79.9. The highest BCUT2D eigenvalue weighted by Crippen LogP contribution is 2.23. The van der Waals surface area contributed by atoms with Crippen LogP contribution >= 0.6 is 27.7 Å². The van der Waals surface area contributed by atoms with Gasteiger partial charge in [-0.2, -0.15) is 0 Å². The first kappa shape index (κ1) is 19.9. The minimum absolute atomic E-state index is 0.165. The van der Waals surface area contributed by atoms with Gasteiger partial charge in [-0.1, -0.05) is 33.8 Å². The minimum atomic E-state index is 0.165. The van der Waals surface area contributed by atoms with Gasteiger partial charge in [-0.05, 0) is 42.8 Å². The molecule has 1 aliphatic rings. The second-order valence-corrected chi connectivity index (χ2v) is 8.47. The lowest BCUT2D eigenvalue weighted by molar-refractivity contribution is -0.128. The van der Waals surface area contributed by atoms with Crippen LogP contribution in [0.15, 0.2) is 58.3 Å². The Bertz CT molecular complexity index is 965. The Kier molecular flexibility index (Phi) is 6.46. The van der Waals surface area contributed by atoms with Gasteiger partial charge < -0.3 is 9.64 Å². The van der Waals surface area contributed by atoms with E-state index in [0.29, 0.717) is 25.3 Å². The van der Waals surface area contributed by atoms with Crippen LogP contribution in [0.4, 0.5) is 0 Å². The normalized spacial score (nSPS) is 13.8. The second-order valence-electron chi connectivity index (χ2n) is 6.49. The van der Waals surface area contributed by atoms with E-state index >= 15 is 0 Å². The molecule has 0 radical (unpaired) electrons. The number of carbonyl (C=O) groups is 1. The van der Waals surface area contributed by atoms with E-state index in [2.05, 4.69) is 31.1 Å². The Hall–Kier alpha value is -2.39. The van der Waals surface area contributed by atoms with E-state index < -0.39 is 0 Å². The van der Waals surface area contributed by atoms with Crippen molar-refractivity contribution < 1.29 is 9.53 Å². The molecule has 4 rings (SSSR count). The standard InChI is InChI=1S/C20H20BrN5O2S/c21-15-6-8-16(9-7-15)28-12-13-29-20-24-23-18(14-25-11-3-5-19(25)27)26(20)17-4-1-2-10-22-17/h1-2,4,6-10H,3,5,11-14H2. The predicted molar refractivity (Wildman–Crippen MR) is 114 cm³/mol. The monoisotopic (exact) mass is 473 g/mol. The average molecular weight is 474 g/mol. The van der Waals surface area contributed by atoms with E-state index in [1.165, 1.54) is 0 Å². The van der Waals surface area contributed by atoms with E-state index in [9.17, 15) is 4.79 Å². The number of carbonyl (C=O) groups excluding carboxylic acids is 1. The molecule has 1 aliphatic heterocycles. The molecule has 0 aliphatic carbocycles. The number of halogens is 1. The molecule has 0 N–H and O–H groups in total. The molecule has 0 bridgehead atoms. The van der Waals surface area contributed by atoms with Gasteiger partial charge in [-0.25, -0.2) is 4.98 Å². The molecule has 1 amide bonds. The number of benzene rings is 1. The van der Waals surface area contributed by atoms with Crippen LogP contribution in [0.3, 0.4) is 0 Å². The largest absolute Gasteiger partial charge is 0.493 e. The molecule has 1 fully saturated rings. The van der Waals surface area contributed by atoms with Crippen molar-refractivity contribution in [1.82, 2.24) is 24.6 Å². The molecule has 3 heterocycles. The van der Waals surface area contributed by atoms with Gasteiger partial charge in [-0.3, -0.25) is 9.36 Å². The summed E-state index contributed by atoms with van der Waals surface area (Å²) in [6.45, 7) is 1.75. The second kappa shape index (κ2) is 9.41. The van der Waals surface area contributed by atoms with Crippen LogP contribution in [-0.2, 0) is 11.3 Å². The van der Waals surface area contributed by atoms with Crippen molar-refractivity contribution in [2.75, 3.05) is 18.9 Å². The van der Waals surface area contributed by atoms with Crippen LogP contribution < -0.4 is 4.74 Å². The molecular weight excluding hydrogens is 454 g/mol.